The molecule has 0 radical (unpaired) electrons. The van der Waals surface area contributed by atoms with E-state index in [1.54, 1.807) is 0 Å². The highest BCUT2D eigenvalue weighted by molar-refractivity contribution is 5.77. The molecule has 0 aliphatic heterocycles. The summed E-state index contributed by atoms with van der Waals surface area (Å²) in [5.41, 5.74) is 0. The second-order valence-corrected chi connectivity index (χ2v) is 5.51. The van der Waals surface area contributed by atoms with E-state index in [9.17, 15) is 4.79 Å². The minimum atomic E-state index is 0.120. The van der Waals surface area contributed by atoms with Crippen molar-refractivity contribution < 1.29 is 4.79 Å². The molecule has 0 saturated heterocycles. The Labute approximate surface area is 99.4 Å². The zero-order chi connectivity index (χ0) is 12.0. The molecule has 0 bridgehead atoms. The molecule has 16 heavy (non-hydrogen) atoms. The van der Waals surface area contributed by atoms with Gasteiger partial charge in [0.05, 0.1) is 6.54 Å². The summed E-state index contributed by atoms with van der Waals surface area (Å²) in [6, 6.07) is 0.468. The molecule has 1 aliphatic rings. The van der Waals surface area contributed by atoms with E-state index in [1.807, 2.05) is 0 Å². The van der Waals surface area contributed by atoms with Crippen LogP contribution in [0, 0.1) is 11.8 Å². The molecule has 0 aromatic carbocycles. The van der Waals surface area contributed by atoms with E-state index in [0.29, 0.717) is 18.5 Å². The lowest BCUT2D eigenvalue weighted by Crippen LogP contribution is -2.40. The lowest BCUT2D eigenvalue weighted by molar-refractivity contribution is -0.120. The van der Waals surface area contributed by atoms with Crippen molar-refractivity contribution in [1.82, 2.24) is 10.6 Å². The Balaban J connectivity index is 2.01. The Morgan fingerprint density at radius 3 is 2.50 bits per heavy atom. The first-order chi connectivity index (χ1) is 7.58. The van der Waals surface area contributed by atoms with E-state index < -0.39 is 0 Å². The van der Waals surface area contributed by atoms with E-state index in [4.69, 9.17) is 0 Å². The van der Waals surface area contributed by atoms with Crippen molar-refractivity contribution in [3.63, 3.8) is 0 Å². The molecule has 3 nitrogen and oxygen atoms in total. The topological polar surface area (TPSA) is 41.1 Å². The van der Waals surface area contributed by atoms with Crippen molar-refractivity contribution in [3.8, 4) is 0 Å². The second-order valence-electron chi connectivity index (χ2n) is 5.51. The van der Waals surface area contributed by atoms with Gasteiger partial charge in [0.1, 0.15) is 0 Å². The fourth-order valence-electron chi connectivity index (χ4n) is 1.96. The summed E-state index contributed by atoms with van der Waals surface area (Å²) >= 11 is 0. The van der Waals surface area contributed by atoms with Crippen molar-refractivity contribution in [2.45, 2.75) is 52.5 Å². The number of nitrogens with one attached hydrogen (secondary N) is 2. The van der Waals surface area contributed by atoms with Crippen LogP contribution in [0.4, 0.5) is 0 Å². The maximum Gasteiger partial charge on any atom is 0.233 e. The minimum Gasteiger partial charge on any atom is -0.355 e. The van der Waals surface area contributed by atoms with Gasteiger partial charge in [-0.3, -0.25) is 4.79 Å². The molecule has 0 heterocycles. The molecule has 3 heteroatoms. The van der Waals surface area contributed by atoms with Gasteiger partial charge in [0, 0.05) is 12.6 Å². The average molecular weight is 226 g/mol. The standard InChI is InChI=1S/C13H26N2O/c1-10(2)8-15-13(16)9-14-11(3)7-12-5-4-6-12/h10-12,14H,4-9H2,1-3H3,(H,15,16). The molecule has 1 fully saturated rings. The first-order valence-corrected chi connectivity index (χ1v) is 6.58. The number of carbonyl (C=O) groups is 1. The summed E-state index contributed by atoms with van der Waals surface area (Å²) in [7, 11) is 0. The van der Waals surface area contributed by atoms with Crippen LogP contribution >= 0.6 is 0 Å². The summed E-state index contributed by atoms with van der Waals surface area (Å²) in [6.07, 6.45) is 5.38. The Morgan fingerprint density at radius 1 is 1.31 bits per heavy atom. The molecule has 1 rings (SSSR count). The van der Waals surface area contributed by atoms with Gasteiger partial charge in [0.2, 0.25) is 5.91 Å². The third kappa shape index (κ3) is 5.50. The molecule has 1 amide bonds. The van der Waals surface area contributed by atoms with Crippen LogP contribution in [0.15, 0.2) is 0 Å². The summed E-state index contributed by atoms with van der Waals surface area (Å²) < 4.78 is 0. The first-order valence-electron chi connectivity index (χ1n) is 6.58. The highest BCUT2D eigenvalue weighted by Gasteiger charge is 2.19. The quantitative estimate of drug-likeness (QED) is 0.696. The number of rotatable bonds is 7. The van der Waals surface area contributed by atoms with Gasteiger partial charge in [-0.2, -0.15) is 0 Å². The van der Waals surface area contributed by atoms with E-state index in [1.165, 1.54) is 25.7 Å². The van der Waals surface area contributed by atoms with Crippen LogP contribution in [0.1, 0.15) is 46.5 Å². The third-order valence-corrected chi connectivity index (χ3v) is 3.23. The van der Waals surface area contributed by atoms with Gasteiger partial charge in [-0.25, -0.2) is 0 Å². The van der Waals surface area contributed by atoms with Crippen LogP contribution < -0.4 is 10.6 Å². The van der Waals surface area contributed by atoms with Crippen molar-refractivity contribution in [3.05, 3.63) is 0 Å². The molecular formula is C13H26N2O. The molecule has 1 aliphatic carbocycles. The van der Waals surface area contributed by atoms with Gasteiger partial charge >= 0.3 is 0 Å². The monoisotopic (exact) mass is 226 g/mol. The molecular weight excluding hydrogens is 200 g/mol. The van der Waals surface area contributed by atoms with Gasteiger partial charge < -0.3 is 10.6 Å². The van der Waals surface area contributed by atoms with Gasteiger partial charge in [-0.15, -0.1) is 0 Å². The van der Waals surface area contributed by atoms with Gasteiger partial charge in [0.25, 0.3) is 0 Å². The van der Waals surface area contributed by atoms with Gasteiger partial charge in [-0.1, -0.05) is 33.1 Å². The summed E-state index contributed by atoms with van der Waals surface area (Å²) in [5, 5.41) is 6.21. The first kappa shape index (κ1) is 13.5. The molecule has 0 aromatic heterocycles. The van der Waals surface area contributed by atoms with Gasteiger partial charge in [-0.05, 0) is 25.2 Å². The van der Waals surface area contributed by atoms with Crippen LogP contribution in [0.25, 0.3) is 0 Å². The fourth-order valence-corrected chi connectivity index (χ4v) is 1.96. The van der Waals surface area contributed by atoms with Gasteiger partial charge in [0.15, 0.2) is 0 Å². The Morgan fingerprint density at radius 2 is 2.00 bits per heavy atom. The normalized spacial score (nSPS) is 18.2. The van der Waals surface area contributed by atoms with E-state index in [0.717, 1.165) is 12.5 Å². The average Bonchev–Trinajstić information content (AvgIpc) is 2.17. The SMILES string of the molecule is CC(C)CNC(=O)CNC(C)CC1CCC1. The Kier molecular flexibility index (Phi) is 5.81. The summed E-state index contributed by atoms with van der Waals surface area (Å²) in [6.45, 7) is 7.62. The van der Waals surface area contributed by atoms with Crippen molar-refractivity contribution in [2.24, 2.45) is 11.8 Å². The van der Waals surface area contributed by atoms with Crippen molar-refractivity contribution >= 4 is 5.91 Å². The fraction of sp³-hybridized carbons (Fsp3) is 0.923. The molecule has 1 unspecified atom stereocenters. The summed E-state index contributed by atoms with van der Waals surface area (Å²) in [4.78, 5) is 11.4. The largest absolute Gasteiger partial charge is 0.355 e. The van der Waals surface area contributed by atoms with Crippen LogP contribution in [0.5, 0.6) is 0 Å². The smallest absolute Gasteiger partial charge is 0.233 e. The third-order valence-electron chi connectivity index (χ3n) is 3.23. The molecule has 94 valence electrons. The molecule has 0 aromatic rings. The minimum absolute atomic E-state index is 0.120. The summed E-state index contributed by atoms with van der Waals surface area (Å²) in [5.74, 6) is 1.55. The lowest BCUT2D eigenvalue weighted by Gasteiger charge is -2.28. The van der Waals surface area contributed by atoms with Crippen LogP contribution in [-0.4, -0.2) is 25.0 Å². The highest BCUT2D eigenvalue weighted by Crippen LogP contribution is 2.30. The van der Waals surface area contributed by atoms with Crippen LogP contribution in [0.3, 0.4) is 0 Å². The molecule has 2 N–H and O–H groups in total. The number of carbonyl (C=O) groups excluding carboxylic acids is 1. The Bertz CT molecular complexity index is 212. The predicted molar refractivity (Wildman–Crippen MR) is 67.3 cm³/mol. The predicted octanol–water partition coefficient (Wildman–Crippen LogP) is 1.93. The zero-order valence-electron chi connectivity index (χ0n) is 10.9. The number of amides is 1. The van der Waals surface area contributed by atoms with E-state index in [2.05, 4.69) is 31.4 Å². The highest BCUT2D eigenvalue weighted by atomic mass is 16.1. The maximum atomic E-state index is 11.4. The van der Waals surface area contributed by atoms with Crippen molar-refractivity contribution in [1.29, 1.82) is 0 Å². The second kappa shape index (κ2) is 6.89. The lowest BCUT2D eigenvalue weighted by atomic mass is 9.81. The molecule has 1 saturated carbocycles. The van der Waals surface area contributed by atoms with E-state index in [-0.39, 0.29) is 5.91 Å². The Hall–Kier alpha value is -0.570. The maximum absolute atomic E-state index is 11.4. The zero-order valence-corrected chi connectivity index (χ0v) is 10.9. The number of hydrogen-bond donors (Lipinski definition) is 2. The number of hydrogen-bond acceptors (Lipinski definition) is 2. The van der Waals surface area contributed by atoms with E-state index >= 15 is 0 Å². The van der Waals surface area contributed by atoms with Crippen LogP contribution in [0.2, 0.25) is 0 Å². The molecule has 0 spiro atoms. The van der Waals surface area contributed by atoms with Crippen molar-refractivity contribution in [2.75, 3.05) is 13.1 Å². The van der Waals surface area contributed by atoms with Crippen LogP contribution in [-0.2, 0) is 4.79 Å². The molecule has 1 atom stereocenters.